The molecule has 6 nitrogen and oxygen atoms in total. The molecule has 0 radical (unpaired) electrons. The first kappa shape index (κ1) is 15.9. The lowest BCUT2D eigenvalue weighted by atomic mass is 10.1. The molecule has 0 aliphatic carbocycles. The number of anilines is 1. The summed E-state index contributed by atoms with van der Waals surface area (Å²) in [7, 11) is 1.55. The van der Waals surface area contributed by atoms with Gasteiger partial charge >= 0.3 is 0 Å². The van der Waals surface area contributed by atoms with Crippen molar-refractivity contribution in [2.45, 2.75) is 18.9 Å². The van der Waals surface area contributed by atoms with Gasteiger partial charge in [0, 0.05) is 12.7 Å². The number of halogens is 2. The van der Waals surface area contributed by atoms with Crippen LogP contribution in [0.3, 0.4) is 0 Å². The molecule has 21 heavy (non-hydrogen) atoms. The molecule has 1 aliphatic heterocycles. The van der Waals surface area contributed by atoms with Gasteiger partial charge in [-0.25, -0.2) is 0 Å². The summed E-state index contributed by atoms with van der Waals surface area (Å²) in [5, 5.41) is 4.38. The van der Waals surface area contributed by atoms with Crippen LogP contribution >= 0.6 is 24.0 Å². The Morgan fingerprint density at radius 3 is 2.90 bits per heavy atom. The third kappa shape index (κ3) is 3.07. The van der Waals surface area contributed by atoms with Crippen molar-refractivity contribution < 1.29 is 14.0 Å². The van der Waals surface area contributed by atoms with E-state index >= 15 is 0 Å². The fourth-order valence-electron chi connectivity index (χ4n) is 2.16. The van der Waals surface area contributed by atoms with Crippen molar-refractivity contribution in [3.8, 4) is 17.2 Å². The highest BCUT2D eigenvalue weighted by molar-refractivity contribution is 6.33. The number of hydrogen-bond acceptors (Lipinski definition) is 6. The van der Waals surface area contributed by atoms with Gasteiger partial charge in [-0.2, -0.15) is 4.98 Å². The van der Waals surface area contributed by atoms with Crippen LogP contribution in [0.25, 0.3) is 11.5 Å². The van der Waals surface area contributed by atoms with E-state index in [1.807, 2.05) is 0 Å². The fourth-order valence-corrected chi connectivity index (χ4v) is 2.33. The minimum Gasteiger partial charge on any atom is -0.496 e. The first-order chi connectivity index (χ1) is 9.69. The van der Waals surface area contributed by atoms with E-state index < -0.39 is 0 Å². The van der Waals surface area contributed by atoms with E-state index in [1.165, 1.54) is 0 Å². The molecule has 1 aromatic heterocycles. The molecule has 2 N–H and O–H groups in total. The minimum atomic E-state index is -0.0947. The van der Waals surface area contributed by atoms with Gasteiger partial charge in [0.05, 0.1) is 23.4 Å². The summed E-state index contributed by atoms with van der Waals surface area (Å²) in [6.07, 6.45) is 1.81. The molecule has 1 fully saturated rings. The number of ether oxygens (including phenoxy) is 2. The fraction of sp³-hybridized carbons (Fsp3) is 0.385. The lowest BCUT2D eigenvalue weighted by Gasteiger charge is -2.07. The Bertz CT molecular complexity index is 627. The maximum Gasteiger partial charge on any atom is 0.261 e. The zero-order valence-corrected chi connectivity index (χ0v) is 12.9. The number of methoxy groups -OCH3 is 1. The second kappa shape index (κ2) is 6.51. The Hall–Kier alpha value is -1.50. The van der Waals surface area contributed by atoms with Crippen LogP contribution in [0.15, 0.2) is 16.7 Å². The predicted octanol–water partition coefficient (Wildman–Crippen LogP) is 3.25. The van der Waals surface area contributed by atoms with Gasteiger partial charge in [0.15, 0.2) is 0 Å². The number of nitrogens with zero attached hydrogens (tertiary/aromatic N) is 2. The normalized spacial score (nSPS) is 17.5. The van der Waals surface area contributed by atoms with E-state index in [-0.39, 0.29) is 18.5 Å². The SMILES string of the molecule is COc1cc(N)c(Cl)cc1-c1nc(C2CCCO2)no1.Cl. The molecule has 1 atom stereocenters. The smallest absolute Gasteiger partial charge is 0.261 e. The summed E-state index contributed by atoms with van der Waals surface area (Å²) in [6, 6.07) is 3.29. The number of rotatable bonds is 3. The molecule has 1 unspecified atom stereocenters. The van der Waals surface area contributed by atoms with Gasteiger partial charge in [-0.1, -0.05) is 16.8 Å². The summed E-state index contributed by atoms with van der Waals surface area (Å²) in [5.41, 5.74) is 6.80. The zero-order valence-electron chi connectivity index (χ0n) is 11.3. The molecule has 0 spiro atoms. The van der Waals surface area contributed by atoms with Crippen molar-refractivity contribution in [2.75, 3.05) is 19.5 Å². The summed E-state index contributed by atoms with van der Waals surface area (Å²) < 4.78 is 16.1. The van der Waals surface area contributed by atoms with Crippen molar-refractivity contribution in [1.82, 2.24) is 10.1 Å². The Morgan fingerprint density at radius 2 is 2.24 bits per heavy atom. The second-order valence-corrected chi connectivity index (χ2v) is 4.94. The quantitative estimate of drug-likeness (QED) is 0.869. The molecule has 1 saturated heterocycles. The third-order valence-corrected chi connectivity index (χ3v) is 3.54. The van der Waals surface area contributed by atoms with Crippen molar-refractivity contribution in [3.05, 3.63) is 23.0 Å². The van der Waals surface area contributed by atoms with Crippen LogP contribution in [0.4, 0.5) is 5.69 Å². The molecule has 3 rings (SSSR count). The molecule has 2 aromatic rings. The Kier molecular flexibility index (Phi) is 4.92. The molecule has 1 aliphatic rings. The maximum atomic E-state index is 6.03. The molecule has 2 heterocycles. The lowest BCUT2D eigenvalue weighted by molar-refractivity contribution is 0.103. The molecule has 8 heteroatoms. The van der Waals surface area contributed by atoms with Crippen LogP contribution in [0.5, 0.6) is 5.75 Å². The second-order valence-electron chi connectivity index (χ2n) is 4.53. The van der Waals surface area contributed by atoms with Crippen molar-refractivity contribution >= 4 is 29.7 Å². The van der Waals surface area contributed by atoms with E-state index in [0.717, 1.165) is 19.4 Å². The largest absolute Gasteiger partial charge is 0.496 e. The van der Waals surface area contributed by atoms with Crippen LogP contribution in [0.1, 0.15) is 24.8 Å². The minimum absolute atomic E-state index is 0. The zero-order chi connectivity index (χ0) is 14.1. The Labute approximate surface area is 133 Å². The van der Waals surface area contributed by atoms with Gasteiger partial charge in [-0.15, -0.1) is 12.4 Å². The molecule has 0 saturated carbocycles. The van der Waals surface area contributed by atoms with Crippen molar-refractivity contribution in [3.63, 3.8) is 0 Å². The summed E-state index contributed by atoms with van der Waals surface area (Å²) >= 11 is 6.03. The number of hydrogen-bond donors (Lipinski definition) is 1. The molecule has 114 valence electrons. The first-order valence-corrected chi connectivity index (χ1v) is 6.65. The number of nitrogen functional groups attached to an aromatic ring is 1. The maximum absolute atomic E-state index is 6.03. The van der Waals surface area contributed by atoms with Gasteiger partial charge < -0.3 is 19.7 Å². The summed E-state index contributed by atoms with van der Waals surface area (Å²) in [4.78, 5) is 4.36. The van der Waals surface area contributed by atoms with E-state index in [2.05, 4.69) is 10.1 Å². The number of nitrogens with two attached hydrogens (primary N) is 1. The van der Waals surface area contributed by atoms with E-state index in [0.29, 0.717) is 33.7 Å². The molecule has 1 aromatic carbocycles. The number of aromatic nitrogens is 2. The molecule has 0 amide bonds. The van der Waals surface area contributed by atoms with Crippen LogP contribution in [0.2, 0.25) is 5.02 Å². The molecular formula is C13H15Cl2N3O3. The van der Waals surface area contributed by atoms with Gasteiger partial charge in [0.2, 0.25) is 5.82 Å². The predicted molar refractivity (Wildman–Crippen MR) is 80.9 cm³/mol. The Morgan fingerprint density at radius 1 is 1.43 bits per heavy atom. The highest BCUT2D eigenvalue weighted by atomic mass is 35.5. The van der Waals surface area contributed by atoms with E-state index in [9.17, 15) is 0 Å². The van der Waals surface area contributed by atoms with E-state index in [1.54, 1.807) is 19.2 Å². The van der Waals surface area contributed by atoms with E-state index in [4.69, 9.17) is 31.3 Å². The average molecular weight is 332 g/mol. The number of benzene rings is 1. The lowest BCUT2D eigenvalue weighted by Crippen LogP contribution is -1.98. The van der Waals surface area contributed by atoms with Crippen LogP contribution in [-0.2, 0) is 4.74 Å². The molecular weight excluding hydrogens is 317 g/mol. The van der Waals surface area contributed by atoms with Crippen LogP contribution in [0, 0.1) is 0 Å². The average Bonchev–Trinajstić information content (AvgIpc) is 3.10. The highest BCUT2D eigenvalue weighted by Gasteiger charge is 2.24. The first-order valence-electron chi connectivity index (χ1n) is 6.27. The topological polar surface area (TPSA) is 83.4 Å². The summed E-state index contributed by atoms with van der Waals surface area (Å²) in [6.45, 7) is 0.728. The van der Waals surface area contributed by atoms with Crippen molar-refractivity contribution in [1.29, 1.82) is 0 Å². The van der Waals surface area contributed by atoms with Gasteiger partial charge in [-0.05, 0) is 18.9 Å². The van der Waals surface area contributed by atoms with Crippen LogP contribution < -0.4 is 10.5 Å². The Balaban J connectivity index is 0.00000161. The summed E-state index contributed by atoms with van der Waals surface area (Å²) in [5.74, 6) is 1.43. The van der Waals surface area contributed by atoms with Gasteiger partial charge in [0.1, 0.15) is 11.9 Å². The standard InChI is InChI=1S/C13H14ClN3O3.ClH/c1-18-11-6-9(15)8(14)5-7(11)13-16-12(17-20-13)10-3-2-4-19-10;/h5-6,10H,2-4,15H2,1H3;1H. The van der Waals surface area contributed by atoms with Gasteiger partial charge in [0.25, 0.3) is 5.89 Å². The third-order valence-electron chi connectivity index (χ3n) is 3.21. The molecule has 0 bridgehead atoms. The highest BCUT2D eigenvalue weighted by Crippen LogP contribution is 2.36. The monoisotopic (exact) mass is 331 g/mol. The van der Waals surface area contributed by atoms with Gasteiger partial charge in [-0.3, -0.25) is 0 Å². The van der Waals surface area contributed by atoms with Crippen molar-refractivity contribution in [2.24, 2.45) is 0 Å². The van der Waals surface area contributed by atoms with Crippen LogP contribution in [-0.4, -0.2) is 23.9 Å².